The van der Waals surface area contributed by atoms with Crippen molar-refractivity contribution in [2.45, 2.75) is 35.1 Å². The Morgan fingerprint density at radius 2 is 1.53 bits per heavy atom. The molecule has 158 valence electrons. The molecule has 1 fully saturated rings. The molecule has 10 heteroatoms. The molecule has 0 aliphatic heterocycles. The molecule has 0 radical (unpaired) electrons. The molecule has 8 nitrogen and oxygen atoms in total. The first kappa shape index (κ1) is 20.7. The van der Waals surface area contributed by atoms with Crippen LogP contribution in [0, 0.1) is 0 Å². The number of oxazole rings is 1. The highest BCUT2D eigenvalue weighted by Gasteiger charge is 2.28. The van der Waals surface area contributed by atoms with Gasteiger partial charge in [-0.05, 0) is 49.2 Å². The van der Waals surface area contributed by atoms with Crippen LogP contribution in [0.25, 0.3) is 11.5 Å². The van der Waals surface area contributed by atoms with E-state index in [9.17, 15) is 16.8 Å². The first-order valence-corrected chi connectivity index (χ1v) is 12.4. The first-order chi connectivity index (χ1) is 14.3. The maximum Gasteiger partial charge on any atom is 0.240 e. The average molecular weight is 448 g/mol. The van der Waals surface area contributed by atoms with Crippen molar-refractivity contribution >= 4 is 20.0 Å². The van der Waals surface area contributed by atoms with Gasteiger partial charge in [-0.1, -0.05) is 18.2 Å². The second-order valence-corrected chi connectivity index (χ2v) is 10.5. The number of nitrogens with zero attached hydrogens (tertiary/aromatic N) is 1. The number of nitrogens with one attached hydrogen (secondary N) is 2. The summed E-state index contributed by atoms with van der Waals surface area (Å²) in [6.45, 7) is 0.131. The minimum atomic E-state index is -3.77. The normalized spacial score (nSPS) is 14.7. The Balaban J connectivity index is 1.36. The molecule has 0 bridgehead atoms. The number of hydrogen-bond donors (Lipinski definition) is 2. The largest absolute Gasteiger partial charge is 0.444 e. The Labute approximate surface area is 175 Å². The SMILES string of the molecule is O=S(=O)(NCCc1coc(-c2ccccc2)n1)c1ccc(S(=O)(=O)NC2CC2)cc1. The third-order valence-corrected chi connectivity index (χ3v) is 7.60. The van der Waals surface area contributed by atoms with E-state index in [1.165, 1.54) is 30.5 Å². The quantitative estimate of drug-likeness (QED) is 0.520. The lowest BCUT2D eigenvalue weighted by Crippen LogP contribution is -2.27. The molecular formula is C20H21N3O5S2. The van der Waals surface area contributed by atoms with Crippen LogP contribution in [0.4, 0.5) is 0 Å². The van der Waals surface area contributed by atoms with E-state index < -0.39 is 20.0 Å². The van der Waals surface area contributed by atoms with Crippen LogP contribution in [0.5, 0.6) is 0 Å². The molecule has 0 amide bonds. The van der Waals surface area contributed by atoms with Crippen molar-refractivity contribution in [2.24, 2.45) is 0 Å². The van der Waals surface area contributed by atoms with Crippen molar-refractivity contribution in [3.05, 3.63) is 66.6 Å². The van der Waals surface area contributed by atoms with E-state index in [-0.39, 0.29) is 22.4 Å². The van der Waals surface area contributed by atoms with E-state index in [0.717, 1.165) is 18.4 Å². The van der Waals surface area contributed by atoms with E-state index in [0.29, 0.717) is 18.0 Å². The summed E-state index contributed by atoms with van der Waals surface area (Å²) in [5, 5.41) is 0. The number of hydrogen-bond acceptors (Lipinski definition) is 6. The van der Waals surface area contributed by atoms with Crippen molar-refractivity contribution < 1.29 is 21.3 Å². The highest BCUT2D eigenvalue weighted by atomic mass is 32.2. The third kappa shape index (κ3) is 4.96. The highest BCUT2D eigenvalue weighted by molar-refractivity contribution is 7.90. The minimum Gasteiger partial charge on any atom is -0.444 e. The molecule has 4 rings (SSSR count). The van der Waals surface area contributed by atoms with Crippen LogP contribution >= 0.6 is 0 Å². The van der Waals surface area contributed by atoms with E-state index in [4.69, 9.17) is 4.42 Å². The summed E-state index contributed by atoms with van der Waals surface area (Å²) < 4.78 is 59.8. The number of aromatic nitrogens is 1. The molecule has 1 saturated carbocycles. The Morgan fingerprint density at radius 3 is 2.17 bits per heavy atom. The molecule has 0 atom stereocenters. The van der Waals surface area contributed by atoms with Gasteiger partial charge in [0.15, 0.2) is 0 Å². The fourth-order valence-electron chi connectivity index (χ4n) is 2.82. The van der Waals surface area contributed by atoms with Gasteiger partial charge in [-0.2, -0.15) is 0 Å². The van der Waals surface area contributed by atoms with Crippen molar-refractivity contribution in [1.82, 2.24) is 14.4 Å². The minimum absolute atomic E-state index is 0.00185. The van der Waals surface area contributed by atoms with Gasteiger partial charge in [-0.25, -0.2) is 31.3 Å². The lowest BCUT2D eigenvalue weighted by Gasteiger charge is -2.08. The molecule has 3 aromatic rings. The molecule has 1 aliphatic carbocycles. The number of sulfonamides is 2. The summed E-state index contributed by atoms with van der Waals surface area (Å²) in [4.78, 5) is 4.41. The fourth-order valence-corrected chi connectivity index (χ4v) is 5.16. The Hall–Kier alpha value is -2.53. The standard InChI is InChI=1S/C20H21N3O5S2/c24-29(25,18-8-10-19(11-9-18)30(26,27)23-16-6-7-16)21-13-12-17-14-28-20(22-17)15-4-2-1-3-5-15/h1-5,8-11,14,16,21,23H,6-7,12-13H2. The zero-order chi connectivity index (χ0) is 21.2. The predicted octanol–water partition coefficient (Wildman–Crippen LogP) is 2.30. The zero-order valence-electron chi connectivity index (χ0n) is 16.0. The number of rotatable bonds is 9. The molecule has 0 spiro atoms. The highest BCUT2D eigenvalue weighted by Crippen LogP contribution is 2.23. The Bertz CT molecular complexity index is 1220. The second kappa shape index (κ2) is 8.31. The van der Waals surface area contributed by atoms with Gasteiger partial charge in [0, 0.05) is 24.6 Å². The topological polar surface area (TPSA) is 118 Å². The van der Waals surface area contributed by atoms with Crippen LogP contribution in [0.3, 0.4) is 0 Å². The average Bonchev–Trinajstić information content (AvgIpc) is 3.41. The monoisotopic (exact) mass is 447 g/mol. The van der Waals surface area contributed by atoms with Crippen molar-refractivity contribution in [3.63, 3.8) is 0 Å². The molecule has 30 heavy (non-hydrogen) atoms. The molecule has 0 unspecified atom stereocenters. The maximum atomic E-state index is 12.5. The van der Waals surface area contributed by atoms with Crippen molar-refractivity contribution in [1.29, 1.82) is 0 Å². The Kier molecular flexibility index (Phi) is 5.74. The van der Waals surface area contributed by atoms with Gasteiger partial charge < -0.3 is 4.42 Å². The van der Waals surface area contributed by atoms with E-state index in [2.05, 4.69) is 14.4 Å². The summed E-state index contributed by atoms with van der Waals surface area (Å²) in [6.07, 6.45) is 3.51. The second-order valence-electron chi connectivity index (χ2n) is 7.02. The van der Waals surface area contributed by atoms with Crippen LogP contribution in [0.1, 0.15) is 18.5 Å². The number of benzene rings is 2. The van der Waals surface area contributed by atoms with Crippen molar-refractivity contribution in [3.8, 4) is 11.5 Å². The van der Waals surface area contributed by atoms with Crippen LogP contribution in [-0.4, -0.2) is 34.4 Å². The molecular weight excluding hydrogens is 426 g/mol. The third-order valence-electron chi connectivity index (χ3n) is 4.59. The van der Waals surface area contributed by atoms with E-state index in [1.54, 1.807) is 0 Å². The fraction of sp³-hybridized carbons (Fsp3) is 0.250. The first-order valence-electron chi connectivity index (χ1n) is 9.45. The molecule has 1 aromatic heterocycles. The van der Waals surface area contributed by atoms with Crippen molar-refractivity contribution in [2.75, 3.05) is 6.54 Å². The smallest absolute Gasteiger partial charge is 0.240 e. The molecule has 1 aliphatic rings. The van der Waals surface area contributed by atoms with Gasteiger partial charge in [0.25, 0.3) is 0 Å². The maximum absolute atomic E-state index is 12.5. The Morgan fingerprint density at radius 1 is 0.900 bits per heavy atom. The van der Waals surface area contributed by atoms with Gasteiger partial charge in [-0.3, -0.25) is 0 Å². The van der Waals surface area contributed by atoms with Gasteiger partial charge in [0.05, 0.1) is 15.5 Å². The molecule has 2 N–H and O–H groups in total. The van der Waals surface area contributed by atoms with Gasteiger partial charge >= 0.3 is 0 Å². The lowest BCUT2D eigenvalue weighted by molar-refractivity contribution is 0.570. The van der Waals surface area contributed by atoms with E-state index >= 15 is 0 Å². The zero-order valence-corrected chi connectivity index (χ0v) is 17.6. The van der Waals surface area contributed by atoms with Gasteiger partial charge in [0.1, 0.15) is 6.26 Å². The van der Waals surface area contributed by atoms with Crippen LogP contribution < -0.4 is 9.44 Å². The summed E-state index contributed by atoms with van der Waals surface area (Å²) in [5.74, 6) is 0.477. The van der Waals surface area contributed by atoms with Gasteiger partial charge in [0.2, 0.25) is 25.9 Å². The lowest BCUT2D eigenvalue weighted by atomic mass is 10.2. The van der Waals surface area contributed by atoms with E-state index in [1.807, 2.05) is 30.3 Å². The molecule has 0 saturated heterocycles. The predicted molar refractivity (Wildman–Crippen MR) is 111 cm³/mol. The van der Waals surface area contributed by atoms with Gasteiger partial charge in [-0.15, -0.1) is 0 Å². The summed E-state index contributed by atoms with van der Waals surface area (Å²) >= 11 is 0. The van der Waals surface area contributed by atoms with Crippen LogP contribution in [0.2, 0.25) is 0 Å². The van der Waals surface area contributed by atoms with Crippen LogP contribution in [-0.2, 0) is 26.5 Å². The van der Waals surface area contributed by atoms with Crippen LogP contribution in [0.15, 0.2) is 75.1 Å². The molecule has 1 heterocycles. The molecule has 2 aromatic carbocycles. The summed E-state index contributed by atoms with van der Waals surface area (Å²) in [7, 11) is -7.39. The summed E-state index contributed by atoms with van der Waals surface area (Å²) in [6, 6.07) is 14.6. The summed E-state index contributed by atoms with van der Waals surface area (Å²) in [5.41, 5.74) is 1.47.